The summed E-state index contributed by atoms with van der Waals surface area (Å²) in [5.41, 5.74) is 2.74. The number of para-hydroxylation sites is 1. The van der Waals surface area contributed by atoms with Crippen molar-refractivity contribution in [3.8, 4) is 0 Å². The van der Waals surface area contributed by atoms with Crippen LogP contribution in [0.25, 0.3) is 0 Å². The third-order valence-corrected chi connectivity index (χ3v) is 5.27. The van der Waals surface area contributed by atoms with Crippen LogP contribution in [-0.4, -0.2) is 40.1 Å². The third kappa shape index (κ3) is 5.01. The highest BCUT2D eigenvalue weighted by molar-refractivity contribution is 6.39. The second-order valence-corrected chi connectivity index (χ2v) is 7.62. The summed E-state index contributed by atoms with van der Waals surface area (Å²) in [6.07, 6.45) is 2.20. The van der Waals surface area contributed by atoms with Gasteiger partial charge >= 0.3 is 0 Å². The number of carbonyl (C=O) groups is 2. The molecule has 0 fully saturated rings. The molecule has 0 unspecified atom stereocenters. The predicted molar refractivity (Wildman–Crippen MR) is 119 cm³/mol. The van der Waals surface area contributed by atoms with E-state index in [-0.39, 0.29) is 12.5 Å². The molecule has 6 nitrogen and oxygen atoms in total. The lowest BCUT2D eigenvalue weighted by Gasteiger charge is -2.18. The van der Waals surface area contributed by atoms with E-state index < -0.39 is 5.91 Å². The summed E-state index contributed by atoms with van der Waals surface area (Å²) in [6.45, 7) is 2.40. The minimum absolute atomic E-state index is 0.145. The number of halogens is 2. The molecule has 0 aliphatic heterocycles. The maximum absolute atomic E-state index is 13.0. The normalized spacial score (nSPS) is 10.7. The molecule has 1 N–H and O–H groups in total. The molecule has 1 heterocycles. The molecule has 2 amide bonds. The van der Waals surface area contributed by atoms with Gasteiger partial charge in [-0.2, -0.15) is 5.10 Å². The fourth-order valence-corrected chi connectivity index (χ4v) is 3.64. The van der Waals surface area contributed by atoms with Crippen molar-refractivity contribution in [2.45, 2.75) is 19.9 Å². The maximum Gasteiger partial charge on any atom is 0.257 e. The summed E-state index contributed by atoms with van der Waals surface area (Å²) in [5, 5.41) is 7.72. The Morgan fingerprint density at radius 1 is 1.07 bits per heavy atom. The summed E-state index contributed by atoms with van der Waals surface area (Å²) in [6, 6.07) is 14.9. The van der Waals surface area contributed by atoms with Gasteiger partial charge in [-0.3, -0.25) is 14.3 Å². The Labute approximate surface area is 185 Å². The molecule has 3 rings (SSSR count). The lowest BCUT2D eigenvalue weighted by atomic mass is 10.1. The van der Waals surface area contributed by atoms with E-state index in [1.807, 2.05) is 41.9 Å². The standard InChI is InChI=1S/C22H22Cl2N4O2/c1-3-19-16(12-25-28(19)13-15-8-5-4-6-9-15)22(30)27(2)14-20(29)26-21-17(23)10-7-11-18(21)24/h4-12H,3,13-14H2,1-2H3,(H,26,29). The highest BCUT2D eigenvalue weighted by Crippen LogP contribution is 2.29. The number of hydrogen-bond acceptors (Lipinski definition) is 3. The number of hydrogen-bond donors (Lipinski definition) is 1. The van der Waals surface area contributed by atoms with Crippen LogP contribution in [0.15, 0.2) is 54.7 Å². The lowest BCUT2D eigenvalue weighted by molar-refractivity contribution is -0.116. The third-order valence-electron chi connectivity index (χ3n) is 4.64. The molecule has 0 radical (unpaired) electrons. The van der Waals surface area contributed by atoms with Crippen molar-refractivity contribution in [1.82, 2.24) is 14.7 Å². The van der Waals surface area contributed by atoms with E-state index in [1.165, 1.54) is 4.90 Å². The Morgan fingerprint density at radius 3 is 2.37 bits per heavy atom. The van der Waals surface area contributed by atoms with Gasteiger partial charge in [0.1, 0.15) is 0 Å². The number of rotatable bonds is 7. The van der Waals surface area contributed by atoms with Gasteiger partial charge in [-0.05, 0) is 24.1 Å². The number of likely N-dealkylation sites (N-methyl/N-ethyl adjacent to an activating group) is 1. The van der Waals surface area contributed by atoms with Crippen LogP contribution in [0.5, 0.6) is 0 Å². The van der Waals surface area contributed by atoms with Crippen molar-refractivity contribution in [2.75, 3.05) is 18.9 Å². The predicted octanol–water partition coefficient (Wildman–Crippen LogP) is 4.51. The van der Waals surface area contributed by atoms with Gasteiger partial charge in [0.25, 0.3) is 5.91 Å². The molecule has 0 spiro atoms. The van der Waals surface area contributed by atoms with Crippen LogP contribution < -0.4 is 5.32 Å². The highest BCUT2D eigenvalue weighted by Gasteiger charge is 2.22. The van der Waals surface area contributed by atoms with E-state index in [9.17, 15) is 9.59 Å². The molecular weight excluding hydrogens is 423 g/mol. The number of carbonyl (C=O) groups excluding carboxylic acids is 2. The molecule has 30 heavy (non-hydrogen) atoms. The van der Waals surface area contributed by atoms with Crippen LogP contribution in [0.1, 0.15) is 28.5 Å². The molecular formula is C22H22Cl2N4O2. The number of anilines is 1. The Bertz CT molecular complexity index is 1030. The van der Waals surface area contributed by atoms with Crippen LogP contribution in [-0.2, 0) is 17.8 Å². The van der Waals surface area contributed by atoms with Gasteiger partial charge in [-0.1, -0.05) is 66.5 Å². The Morgan fingerprint density at radius 2 is 1.73 bits per heavy atom. The topological polar surface area (TPSA) is 67.2 Å². The second-order valence-electron chi connectivity index (χ2n) is 6.81. The molecule has 0 saturated carbocycles. The average Bonchev–Trinajstić information content (AvgIpc) is 3.13. The number of benzene rings is 2. The number of nitrogens with zero attached hydrogens (tertiary/aromatic N) is 3. The van der Waals surface area contributed by atoms with Crippen molar-refractivity contribution in [1.29, 1.82) is 0 Å². The monoisotopic (exact) mass is 444 g/mol. The Balaban J connectivity index is 1.70. The summed E-state index contributed by atoms with van der Waals surface area (Å²) >= 11 is 12.2. The van der Waals surface area contributed by atoms with Crippen LogP contribution in [0.4, 0.5) is 5.69 Å². The zero-order chi connectivity index (χ0) is 21.7. The van der Waals surface area contributed by atoms with E-state index >= 15 is 0 Å². The van der Waals surface area contributed by atoms with E-state index in [2.05, 4.69) is 10.4 Å². The van der Waals surface area contributed by atoms with Crippen LogP contribution >= 0.6 is 23.2 Å². The smallest absolute Gasteiger partial charge is 0.257 e. The van der Waals surface area contributed by atoms with Crippen molar-refractivity contribution >= 4 is 40.7 Å². The van der Waals surface area contributed by atoms with Gasteiger partial charge < -0.3 is 10.2 Å². The molecule has 0 saturated heterocycles. The molecule has 0 aliphatic rings. The van der Waals surface area contributed by atoms with Crippen molar-refractivity contribution < 1.29 is 9.59 Å². The van der Waals surface area contributed by atoms with Gasteiger partial charge in [-0.25, -0.2) is 0 Å². The molecule has 3 aromatic rings. The van der Waals surface area contributed by atoms with Crippen molar-refractivity contribution in [2.24, 2.45) is 0 Å². The minimum atomic E-state index is -0.393. The average molecular weight is 445 g/mol. The van der Waals surface area contributed by atoms with E-state index in [0.29, 0.717) is 34.3 Å². The zero-order valence-electron chi connectivity index (χ0n) is 16.7. The Kier molecular flexibility index (Phi) is 7.13. The van der Waals surface area contributed by atoms with Gasteiger partial charge in [0.15, 0.2) is 0 Å². The molecule has 0 aliphatic carbocycles. The summed E-state index contributed by atoms with van der Waals surface area (Å²) < 4.78 is 1.82. The molecule has 8 heteroatoms. The Hall–Kier alpha value is -2.83. The van der Waals surface area contributed by atoms with Crippen molar-refractivity contribution in [3.63, 3.8) is 0 Å². The summed E-state index contributed by atoms with van der Waals surface area (Å²) in [4.78, 5) is 26.7. The van der Waals surface area contributed by atoms with E-state index in [0.717, 1.165) is 11.3 Å². The second kappa shape index (κ2) is 9.78. The number of nitrogens with one attached hydrogen (secondary N) is 1. The summed E-state index contributed by atoms with van der Waals surface area (Å²) in [7, 11) is 1.57. The van der Waals surface area contributed by atoms with Gasteiger partial charge in [0.2, 0.25) is 5.91 Å². The van der Waals surface area contributed by atoms with E-state index in [4.69, 9.17) is 23.2 Å². The van der Waals surface area contributed by atoms with Crippen LogP contribution in [0.2, 0.25) is 10.0 Å². The minimum Gasteiger partial charge on any atom is -0.332 e. The van der Waals surface area contributed by atoms with Gasteiger partial charge in [0, 0.05) is 7.05 Å². The largest absolute Gasteiger partial charge is 0.332 e. The molecule has 1 aromatic heterocycles. The SMILES string of the molecule is CCc1c(C(=O)N(C)CC(=O)Nc2c(Cl)cccc2Cl)cnn1Cc1ccccc1. The lowest BCUT2D eigenvalue weighted by Crippen LogP contribution is -2.35. The number of aromatic nitrogens is 2. The summed E-state index contributed by atoms with van der Waals surface area (Å²) in [5.74, 6) is -0.665. The van der Waals surface area contributed by atoms with Crippen LogP contribution in [0.3, 0.4) is 0 Å². The fourth-order valence-electron chi connectivity index (χ4n) is 3.14. The molecule has 0 atom stereocenters. The first-order chi connectivity index (χ1) is 14.4. The van der Waals surface area contributed by atoms with Crippen molar-refractivity contribution in [3.05, 3.63) is 81.6 Å². The molecule has 0 bridgehead atoms. The molecule has 2 aromatic carbocycles. The van der Waals surface area contributed by atoms with Gasteiger partial charge in [0.05, 0.1) is 46.3 Å². The first-order valence-corrected chi connectivity index (χ1v) is 10.2. The zero-order valence-corrected chi connectivity index (χ0v) is 18.2. The number of amides is 2. The first-order valence-electron chi connectivity index (χ1n) is 9.48. The maximum atomic E-state index is 13.0. The molecule has 156 valence electrons. The fraction of sp³-hybridized carbons (Fsp3) is 0.227. The van der Waals surface area contributed by atoms with Gasteiger partial charge in [-0.15, -0.1) is 0 Å². The highest BCUT2D eigenvalue weighted by atomic mass is 35.5. The quantitative estimate of drug-likeness (QED) is 0.582. The van der Waals surface area contributed by atoms with E-state index in [1.54, 1.807) is 31.4 Å². The van der Waals surface area contributed by atoms with Crippen LogP contribution in [0, 0.1) is 0 Å². The first kappa shape index (κ1) is 21.9.